The molecule has 0 spiro atoms. The topological polar surface area (TPSA) is 119 Å². The number of benzene rings is 2. The Hall–Kier alpha value is -2.78. The summed E-state index contributed by atoms with van der Waals surface area (Å²) in [5.74, 6) is -1.41. The van der Waals surface area contributed by atoms with Gasteiger partial charge in [-0.1, -0.05) is 24.1 Å². The van der Waals surface area contributed by atoms with Gasteiger partial charge in [-0.15, -0.1) is 0 Å². The Morgan fingerprint density at radius 2 is 1.97 bits per heavy atom. The summed E-state index contributed by atoms with van der Waals surface area (Å²) in [5, 5.41) is 13.3. The molecule has 1 amide bonds. The maximum atomic E-state index is 12.7. The minimum atomic E-state index is -3.67. The number of hydrogen-bond acceptors (Lipinski definition) is 7. The van der Waals surface area contributed by atoms with Gasteiger partial charge in [-0.25, -0.2) is 8.42 Å². The van der Waals surface area contributed by atoms with Crippen molar-refractivity contribution in [2.24, 2.45) is 5.92 Å². The van der Waals surface area contributed by atoms with Crippen LogP contribution in [0, 0.1) is 12.8 Å². The number of phenolic OH excluding ortho intramolecular Hbond substituents is 1. The number of anilines is 1. The van der Waals surface area contributed by atoms with Crippen molar-refractivity contribution in [2.45, 2.75) is 44.4 Å². The average Bonchev–Trinajstić information content (AvgIpc) is 2.68. The van der Waals surface area contributed by atoms with Gasteiger partial charge in [-0.05, 0) is 62.4 Å². The Labute approximate surface area is 197 Å². The van der Waals surface area contributed by atoms with E-state index in [2.05, 4.69) is 5.32 Å². The molecule has 178 valence electrons. The van der Waals surface area contributed by atoms with E-state index in [0.717, 1.165) is 19.3 Å². The number of rotatable bonds is 9. The molecule has 0 aromatic heterocycles. The number of nitrogens with one attached hydrogen (secondary N) is 1. The Morgan fingerprint density at radius 3 is 2.58 bits per heavy atom. The summed E-state index contributed by atoms with van der Waals surface area (Å²) in [6, 6.07) is 7.31. The summed E-state index contributed by atoms with van der Waals surface area (Å²) >= 11 is 6.33. The Kier molecular flexibility index (Phi) is 7.86. The van der Waals surface area contributed by atoms with Crippen LogP contribution >= 0.6 is 11.6 Å². The number of ether oxygens (including phenoxy) is 2. The van der Waals surface area contributed by atoms with Crippen LogP contribution in [0.1, 0.15) is 38.2 Å². The molecule has 1 aliphatic rings. The fourth-order valence-electron chi connectivity index (χ4n) is 3.49. The third-order valence-corrected chi connectivity index (χ3v) is 7.50. The van der Waals surface area contributed by atoms with Crippen LogP contribution < -0.4 is 10.1 Å². The summed E-state index contributed by atoms with van der Waals surface area (Å²) in [7, 11) is -3.67. The van der Waals surface area contributed by atoms with Crippen molar-refractivity contribution in [1.29, 1.82) is 0 Å². The predicted molar refractivity (Wildman–Crippen MR) is 124 cm³/mol. The van der Waals surface area contributed by atoms with Crippen molar-refractivity contribution in [2.75, 3.05) is 17.7 Å². The lowest BCUT2D eigenvalue weighted by Gasteiger charge is -2.25. The second-order valence-corrected chi connectivity index (χ2v) is 10.3. The number of para-hydroxylation sites is 1. The van der Waals surface area contributed by atoms with E-state index in [0.29, 0.717) is 11.3 Å². The molecule has 0 aliphatic heterocycles. The molecule has 0 bridgehead atoms. The van der Waals surface area contributed by atoms with Crippen molar-refractivity contribution < 1.29 is 32.6 Å². The highest BCUT2D eigenvalue weighted by molar-refractivity contribution is 7.91. The number of halogens is 1. The van der Waals surface area contributed by atoms with Gasteiger partial charge in [0.15, 0.2) is 21.3 Å². The molecule has 1 saturated carbocycles. The fourth-order valence-corrected chi connectivity index (χ4v) is 5.61. The summed E-state index contributed by atoms with van der Waals surface area (Å²) in [5.41, 5.74) is 0.872. The first-order valence-electron chi connectivity index (χ1n) is 10.6. The lowest BCUT2D eigenvalue weighted by Crippen LogP contribution is -2.22. The monoisotopic (exact) mass is 495 g/mol. The first-order valence-corrected chi connectivity index (χ1v) is 12.6. The van der Waals surface area contributed by atoms with E-state index in [1.807, 2.05) is 0 Å². The second kappa shape index (κ2) is 10.4. The van der Waals surface area contributed by atoms with Crippen LogP contribution in [0.5, 0.6) is 17.2 Å². The maximum absolute atomic E-state index is 12.7. The molecule has 1 aliphatic carbocycles. The van der Waals surface area contributed by atoms with E-state index >= 15 is 0 Å². The Balaban J connectivity index is 1.78. The van der Waals surface area contributed by atoms with Crippen LogP contribution in [0.15, 0.2) is 35.2 Å². The van der Waals surface area contributed by atoms with Crippen LogP contribution in [0.3, 0.4) is 0 Å². The molecule has 8 nitrogen and oxygen atoms in total. The van der Waals surface area contributed by atoms with E-state index in [9.17, 15) is 23.1 Å². The van der Waals surface area contributed by atoms with Gasteiger partial charge < -0.3 is 19.9 Å². The number of carbonyl (C=O) groups is 2. The minimum Gasteiger partial charge on any atom is -0.503 e. The molecule has 1 fully saturated rings. The average molecular weight is 496 g/mol. The third-order valence-electron chi connectivity index (χ3n) is 5.31. The molecule has 2 aromatic carbocycles. The van der Waals surface area contributed by atoms with Crippen LogP contribution in [0.4, 0.5) is 5.69 Å². The number of carbonyl (C=O) groups excluding carboxylic acids is 2. The molecule has 0 unspecified atom stereocenters. The van der Waals surface area contributed by atoms with E-state index in [1.165, 1.54) is 24.3 Å². The smallest absolute Gasteiger partial charge is 0.315 e. The number of aromatic hydroxyl groups is 1. The standard InChI is InChI=1S/C23H26ClNO7S/c1-3-31-21(27)12-20(26)25-16-10-14(2)23(17(24)11-16)32-18-8-5-9-19(22(18)28)33(29,30)13-15-6-4-7-15/h5,8-11,15,28H,3-4,6-7,12-13H2,1-2H3,(H,25,26). The number of esters is 1. The minimum absolute atomic E-state index is 0.00993. The molecule has 10 heteroatoms. The first kappa shape index (κ1) is 24.9. The number of sulfone groups is 1. The summed E-state index contributed by atoms with van der Waals surface area (Å²) in [6.07, 6.45) is 2.33. The van der Waals surface area contributed by atoms with Gasteiger partial charge in [0.25, 0.3) is 0 Å². The van der Waals surface area contributed by atoms with Crippen molar-refractivity contribution >= 4 is 39.0 Å². The highest BCUT2D eigenvalue weighted by atomic mass is 35.5. The zero-order chi connectivity index (χ0) is 24.2. The summed E-state index contributed by atoms with van der Waals surface area (Å²) < 4.78 is 36.0. The van der Waals surface area contributed by atoms with Gasteiger partial charge in [-0.3, -0.25) is 9.59 Å². The number of aryl methyl sites for hydroxylation is 1. The van der Waals surface area contributed by atoms with Gasteiger partial charge >= 0.3 is 5.97 Å². The van der Waals surface area contributed by atoms with Crippen LogP contribution in [-0.4, -0.2) is 37.8 Å². The van der Waals surface area contributed by atoms with Gasteiger partial charge in [0.1, 0.15) is 17.1 Å². The van der Waals surface area contributed by atoms with E-state index in [4.69, 9.17) is 21.1 Å². The van der Waals surface area contributed by atoms with Crippen molar-refractivity contribution in [3.63, 3.8) is 0 Å². The van der Waals surface area contributed by atoms with Gasteiger partial charge in [-0.2, -0.15) is 0 Å². The quantitative estimate of drug-likeness (QED) is 0.385. The highest BCUT2D eigenvalue weighted by Gasteiger charge is 2.29. The fraction of sp³-hybridized carbons (Fsp3) is 0.391. The molecular formula is C23H26ClNO7S. The summed E-state index contributed by atoms with van der Waals surface area (Å²) in [4.78, 5) is 23.3. The summed E-state index contributed by atoms with van der Waals surface area (Å²) in [6.45, 7) is 3.50. The molecule has 0 heterocycles. The van der Waals surface area contributed by atoms with Crippen molar-refractivity contribution in [3.8, 4) is 17.2 Å². The number of amides is 1. The van der Waals surface area contributed by atoms with Crippen molar-refractivity contribution in [1.82, 2.24) is 0 Å². The number of hydrogen-bond donors (Lipinski definition) is 2. The SMILES string of the molecule is CCOC(=O)CC(=O)Nc1cc(C)c(Oc2cccc(S(=O)(=O)CC3CCC3)c2O)c(Cl)c1. The lowest BCUT2D eigenvalue weighted by atomic mass is 9.87. The molecule has 0 atom stereocenters. The maximum Gasteiger partial charge on any atom is 0.315 e. The predicted octanol–water partition coefficient (Wildman–Crippen LogP) is 4.61. The molecule has 33 heavy (non-hydrogen) atoms. The largest absolute Gasteiger partial charge is 0.503 e. The number of phenols is 1. The van der Waals surface area contributed by atoms with E-state index < -0.39 is 33.9 Å². The van der Waals surface area contributed by atoms with Crippen LogP contribution in [0.25, 0.3) is 0 Å². The third kappa shape index (κ3) is 6.17. The molecular weight excluding hydrogens is 470 g/mol. The Morgan fingerprint density at radius 1 is 1.24 bits per heavy atom. The highest BCUT2D eigenvalue weighted by Crippen LogP contribution is 2.42. The molecule has 2 aromatic rings. The first-order chi connectivity index (χ1) is 15.6. The van der Waals surface area contributed by atoms with Gasteiger partial charge in [0.2, 0.25) is 5.91 Å². The molecule has 3 rings (SSSR count). The molecule has 0 radical (unpaired) electrons. The van der Waals surface area contributed by atoms with E-state index in [1.54, 1.807) is 19.9 Å². The normalized spacial score (nSPS) is 13.8. The molecule has 2 N–H and O–H groups in total. The lowest BCUT2D eigenvalue weighted by molar-refractivity contribution is -0.145. The Bertz CT molecular complexity index is 1140. The van der Waals surface area contributed by atoms with Gasteiger partial charge in [0, 0.05) is 5.69 Å². The van der Waals surface area contributed by atoms with Crippen LogP contribution in [0.2, 0.25) is 5.02 Å². The zero-order valence-electron chi connectivity index (χ0n) is 18.4. The second-order valence-electron chi connectivity index (χ2n) is 7.92. The van der Waals surface area contributed by atoms with E-state index in [-0.39, 0.29) is 39.7 Å². The van der Waals surface area contributed by atoms with Crippen LogP contribution in [-0.2, 0) is 24.2 Å². The van der Waals surface area contributed by atoms with Gasteiger partial charge in [0.05, 0.1) is 17.4 Å². The molecule has 0 saturated heterocycles. The zero-order valence-corrected chi connectivity index (χ0v) is 20.0. The van der Waals surface area contributed by atoms with Crippen molar-refractivity contribution in [3.05, 3.63) is 40.9 Å².